The van der Waals surface area contributed by atoms with Crippen LogP contribution in [0, 0.1) is 11.3 Å². The zero-order chi connectivity index (χ0) is 14.0. The first-order valence-electron chi connectivity index (χ1n) is 7.49. The number of nitrogens with one attached hydrogen (secondary N) is 1. The summed E-state index contributed by atoms with van der Waals surface area (Å²) in [6, 6.07) is -0.339. The molecule has 2 amide bonds. The Bertz CT molecular complexity index is 359. The van der Waals surface area contributed by atoms with E-state index in [0.29, 0.717) is 0 Å². The normalized spacial score (nSPS) is 27.6. The van der Waals surface area contributed by atoms with E-state index in [0.717, 1.165) is 6.54 Å². The molecule has 19 heavy (non-hydrogen) atoms. The van der Waals surface area contributed by atoms with Crippen molar-refractivity contribution in [3.63, 3.8) is 0 Å². The molecular weight excluding hydrogens is 240 g/mol. The number of amides is 2. The van der Waals surface area contributed by atoms with E-state index in [2.05, 4.69) is 12.2 Å². The number of hydrogen-bond acceptors (Lipinski definition) is 2. The van der Waals surface area contributed by atoms with Gasteiger partial charge in [-0.2, -0.15) is 0 Å². The molecule has 1 N–H and O–H groups in total. The van der Waals surface area contributed by atoms with E-state index in [1.54, 1.807) is 4.90 Å². The lowest BCUT2D eigenvalue weighted by Gasteiger charge is -2.41. The highest BCUT2D eigenvalue weighted by atomic mass is 16.2. The highest BCUT2D eigenvalue weighted by Gasteiger charge is 2.38. The van der Waals surface area contributed by atoms with E-state index in [9.17, 15) is 9.59 Å². The van der Waals surface area contributed by atoms with E-state index in [1.807, 2.05) is 13.8 Å². The predicted octanol–water partition coefficient (Wildman–Crippen LogP) is 1.94. The molecule has 0 aromatic rings. The molecule has 0 aromatic carbocycles. The van der Waals surface area contributed by atoms with Gasteiger partial charge in [0, 0.05) is 6.54 Å². The molecule has 1 aliphatic heterocycles. The summed E-state index contributed by atoms with van der Waals surface area (Å²) in [5.74, 6) is 0.234. The SMILES string of the molecule is CC(C)C1NC(=O)CN(CC2(C)CCCCC2)C1=O. The van der Waals surface area contributed by atoms with E-state index in [1.165, 1.54) is 32.1 Å². The second kappa shape index (κ2) is 5.51. The molecule has 0 spiro atoms. The van der Waals surface area contributed by atoms with Crippen LogP contribution in [-0.4, -0.2) is 35.8 Å². The van der Waals surface area contributed by atoms with E-state index in [-0.39, 0.29) is 35.7 Å². The quantitative estimate of drug-likeness (QED) is 0.848. The highest BCUT2D eigenvalue weighted by Crippen LogP contribution is 2.36. The lowest BCUT2D eigenvalue weighted by atomic mass is 9.75. The predicted molar refractivity (Wildman–Crippen MR) is 74.5 cm³/mol. The average Bonchev–Trinajstić information content (AvgIpc) is 2.33. The third-order valence-electron chi connectivity index (χ3n) is 4.53. The van der Waals surface area contributed by atoms with Gasteiger partial charge in [-0.15, -0.1) is 0 Å². The molecule has 4 nitrogen and oxygen atoms in total. The van der Waals surface area contributed by atoms with Gasteiger partial charge in [0.1, 0.15) is 6.04 Å². The first-order chi connectivity index (χ1) is 8.91. The van der Waals surface area contributed by atoms with Gasteiger partial charge in [0.2, 0.25) is 11.8 Å². The van der Waals surface area contributed by atoms with Gasteiger partial charge >= 0.3 is 0 Å². The first kappa shape index (κ1) is 14.4. The van der Waals surface area contributed by atoms with Crippen LogP contribution in [0.2, 0.25) is 0 Å². The van der Waals surface area contributed by atoms with Crippen molar-refractivity contribution in [2.45, 2.75) is 58.9 Å². The Kier molecular flexibility index (Phi) is 4.16. The van der Waals surface area contributed by atoms with Gasteiger partial charge in [-0.05, 0) is 24.2 Å². The topological polar surface area (TPSA) is 49.4 Å². The molecule has 0 aromatic heterocycles. The van der Waals surface area contributed by atoms with Crippen LogP contribution in [0.25, 0.3) is 0 Å². The minimum Gasteiger partial charge on any atom is -0.343 e. The summed E-state index contributed by atoms with van der Waals surface area (Å²) in [6.45, 7) is 7.19. The monoisotopic (exact) mass is 266 g/mol. The second-order valence-electron chi connectivity index (χ2n) is 6.85. The molecule has 1 unspecified atom stereocenters. The number of hydrogen-bond donors (Lipinski definition) is 1. The summed E-state index contributed by atoms with van der Waals surface area (Å²) in [7, 11) is 0. The lowest BCUT2D eigenvalue weighted by Crippen LogP contribution is -2.61. The molecule has 1 saturated heterocycles. The fraction of sp³-hybridized carbons (Fsp3) is 0.867. The van der Waals surface area contributed by atoms with E-state index in [4.69, 9.17) is 0 Å². The van der Waals surface area contributed by atoms with Crippen molar-refractivity contribution in [3.05, 3.63) is 0 Å². The van der Waals surface area contributed by atoms with Crippen molar-refractivity contribution in [3.8, 4) is 0 Å². The van der Waals surface area contributed by atoms with Crippen molar-refractivity contribution in [1.29, 1.82) is 0 Å². The van der Waals surface area contributed by atoms with Crippen LogP contribution in [0.1, 0.15) is 52.9 Å². The number of carbonyl (C=O) groups excluding carboxylic acids is 2. The number of piperazine rings is 1. The molecule has 1 aliphatic carbocycles. The van der Waals surface area contributed by atoms with Crippen LogP contribution < -0.4 is 5.32 Å². The minimum atomic E-state index is -0.339. The fourth-order valence-corrected chi connectivity index (χ4v) is 3.34. The van der Waals surface area contributed by atoms with Crippen LogP contribution in [0.15, 0.2) is 0 Å². The Labute approximate surface area is 115 Å². The molecule has 2 aliphatic rings. The van der Waals surface area contributed by atoms with Crippen LogP contribution in [0.4, 0.5) is 0 Å². The summed E-state index contributed by atoms with van der Waals surface area (Å²) in [6.07, 6.45) is 6.14. The Hall–Kier alpha value is -1.06. The lowest BCUT2D eigenvalue weighted by molar-refractivity contribution is -0.147. The maximum absolute atomic E-state index is 12.4. The largest absolute Gasteiger partial charge is 0.343 e. The molecule has 108 valence electrons. The molecular formula is C15H26N2O2. The Balaban J connectivity index is 2.05. The fourth-order valence-electron chi connectivity index (χ4n) is 3.34. The summed E-state index contributed by atoms with van der Waals surface area (Å²) in [4.78, 5) is 26.0. The zero-order valence-electron chi connectivity index (χ0n) is 12.4. The number of carbonyl (C=O) groups is 2. The summed E-state index contributed by atoms with van der Waals surface area (Å²) in [5.41, 5.74) is 0.201. The van der Waals surface area contributed by atoms with Crippen LogP contribution >= 0.6 is 0 Å². The third kappa shape index (κ3) is 3.28. The highest BCUT2D eigenvalue weighted by molar-refractivity contribution is 5.95. The zero-order valence-corrected chi connectivity index (χ0v) is 12.4. The maximum Gasteiger partial charge on any atom is 0.245 e. The summed E-state index contributed by atoms with van der Waals surface area (Å²) in [5, 5.41) is 2.82. The Morgan fingerprint density at radius 2 is 1.89 bits per heavy atom. The summed E-state index contributed by atoms with van der Waals surface area (Å²) >= 11 is 0. The molecule has 0 radical (unpaired) electrons. The smallest absolute Gasteiger partial charge is 0.245 e. The Morgan fingerprint density at radius 1 is 1.26 bits per heavy atom. The standard InChI is InChI=1S/C15H26N2O2/c1-11(2)13-14(19)17(9-12(18)16-13)10-15(3)7-5-4-6-8-15/h11,13H,4-10H2,1-3H3,(H,16,18). The van der Waals surface area contributed by atoms with Gasteiger partial charge in [-0.25, -0.2) is 0 Å². The average molecular weight is 266 g/mol. The van der Waals surface area contributed by atoms with Crippen molar-refractivity contribution >= 4 is 11.8 Å². The second-order valence-corrected chi connectivity index (χ2v) is 6.85. The van der Waals surface area contributed by atoms with Gasteiger partial charge in [-0.1, -0.05) is 40.0 Å². The molecule has 2 fully saturated rings. The number of rotatable bonds is 3. The molecule has 1 atom stereocenters. The van der Waals surface area contributed by atoms with E-state index < -0.39 is 0 Å². The van der Waals surface area contributed by atoms with Gasteiger partial charge < -0.3 is 10.2 Å². The van der Waals surface area contributed by atoms with Crippen LogP contribution in [-0.2, 0) is 9.59 Å². The maximum atomic E-state index is 12.4. The van der Waals surface area contributed by atoms with Gasteiger partial charge in [0.25, 0.3) is 0 Å². The summed E-state index contributed by atoms with van der Waals surface area (Å²) < 4.78 is 0. The van der Waals surface area contributed by atoms with Crippen molar-refractivity contribution in [1.82, 2.24) is 10.2 Å². The number of nitrogens with zero attached hydrogens (tertiary/aromatic N) is 1. The van der Waals surface area contributed by atoms with Crippen LogP contribution in [0.5, 0.6) is 0 Å². The molecule has 2 rings (SSSR count). The van der Waals surface area contributed by atoms with Crippen LogP contribution in [0.3, 0.4) is 0 Å². The Morgan fingerprint density at radius 3 is 2.47 bits per heavy atom. The minimum absolute atomic E-state index is 0.0160. The van der Waals surface area contributed by atoms with Crippen molar-refractivity contribution in [2.75, 3.05) is 13.1 Å². The third-order valence-corrected chi connectivity index (χ3v) is 4.53. The van der Waals surface area contributed by atoms with Gasteiger partial charge in [-0.3, -0.25) is 9.59 Å². The van der Waals surface area contributed by atoms with Gasteiger partial charge in [0.05, 0.1) is 6.54 Å². The van der Waals surface area contributed by atoms with Crippen molar-refractivity contribution < 1.29 is 9.59 Å². The van der Waals surface area contributed by atoms with Gasteiger partial charge in [0.15, 0.2) is 0 Å². The molecule has 1 heterocycles. The van der Waals surface area contributed by atoms with Crippen molar-refractivity contribution in [2.24, 2.45) is 11.3 Å². The van der Waals surface area contributed by atoms with E-state index >= 15 is 0 Å². The molecule has 1 saturated carbocycles. The molecule has 0 bridgehead atoms. The molecule has 4 heteroatoms. The first-order valence-corrected chi connectivity index (χ1v) is 7.49.